The van der Waals surface area contributed by atoms with Crippen LogP contribution < -0.4 is 5.32 Å². The van der Waals surface area contributed by atoms with E-state index in [1.54, 1.807) is 0 Å². The van der Waals surface area contributed by atoms with Gasteiger partial charge in [-0.25, -0.2) is 0 Å². The van der Waals surface area contributed by atoms with Gasteiger partial charge in [0, 0.05) is 32.6 Å². The van der Waals surface area contributed by atoms with E-state index in [4.69, 9.17) is 0 Å². The van der Waals surface area contributed by atoms with E-state index in [9.17, 15) is 4.79 Å². The molecule has 4 nitrogen and oxygen atoms in total. The highest BCUT2D eigenvalue weighted by Gasteiger charge is 2.30. The first-order valence-corrected chi connectivity index (χ1v) is 5.91. The molecule has 2 aliphatic rings. The van der Waals surface area contributed by atoms with Crippen molar-refractivity contribution in [2.24, 2.45) is 0 Å². The van der Waals surface area contributed by atoms with Gasteiger partial charge >= 0.3 is 0 Å². The minimum Gasteiger partial charge on any atom is -0.344 e. The number of carbonyl (C=O) groups is 1. The summed E-state index contributed by atoms with van der Waals surface area (Å²) >= 11 is 0. The van der Waals surface area contributed by atoms with Gasteiger partial charge in [0.2, 0.25) is 5.91 Å². The van der Waals surface area contributed by atoms with Crippen LogP contribution in [0.25, 0.3) is 0 Å². The molecule has 15 heavy (non-hydrogen) atoms. The highest BCUT2D eigenvalue weighted by molar-refractivity contribution is 5.76. The Bertz CT molecular complexity index is 238. The number of hydrogen-bond donors (Lipinski definition) is 1. The molecule has 0 spiro atoms. The number of likely N-dealkylation sites (N-methyl/N-ethyl adjacent to an activating group) is 1. The van der Waals surface area contributed by atoms with Gasteiger partial charge in [0.1, 0.15) is 0 Å². The molecule has 0 saturated carbocycles. The summed E-state index contributed by atoms with van der Waals surface area (Å²) in [7, 11) is 1.91. The molecule has 0 radical (unpaired) electrons. The van der Waals surface area contributed by atoms with Crippen molar-refractivity contribution in [2.75, 3.05) is 26.7 Å². The van der Waals surface area contributed by atoms with E-state index in [2.05, 4.69) is 17.1 Å². The Morgan fingerprint density at radius 3 is 2.93 bits per heavy atom. The van der Waals surface area contributed by atoms with E-state index >= 15 is 0 Å². The van der Waals surface area contributed by atoms with Crippen molar-refractivity contribution in [3.8, 4) is 0 Å². The van der Waals surface area contributed by atoms with Crippen molar-refractivity contribution in [1.29, 1.82) is 0 Å². The van der Waals surface area contributed by atoms with E-state index in [-0.39, 0.29) is 5.91 Å². The quantitative estimate of drug-likeness (QED) is 0.675. The second kappa shape index (κ2) is 4.49. The summed E-state index contributed by atoms with van der Waals surface area (Å²) in [6.45, 7) is 5.10. The molecule has 0 aromatic carbocycles. The molecule has 1 N–H and O–H groups in total. The van der Waals surface area contributed by atoms with Crippen LogP contribution >= 0.6 is 0 Å². The van der Waals surface area contributed by atoms with Crippen molar-refractivity contribution in [3.63, 3.8) is 0 Å². The van der Waals surface area contributed by atoms with Crippen molar-refractivity contribution in [1.82, 2.24) is 15.1 Å². The van der Waals surface area contributed by atoms with Crippen LogP contribution in [-0.2, 0) is 4.79 Å². The molecular weight excluding hydrogens is 190 g/mol. The number of rotatable bonds is 1. The monoisotopic (exact) mass is 211 g/mol. The predicted molar refractivity (Wildman–Crippen MR) is 59.4 cm³/mol. The second-order valence-corrected chi connectivity index (χ2v) is 4.72. The lowest BCUT2D eigenvalue weighted by atomic mass is 10.2. The van der Waals surface area contributed by atoms with E-state index in [1.807, 2.05) is 11.9 Å². The van der Waals surface area contributed by atoms with Crippen LogP contribution in [-0.4, -0.2) is 54.6 Å². The summed E-state index contributed by atoms with van der Waals surface area (Å²) < 4.78 is 0. The lowest BCUT2D eigenvalue weighted by molar-refractivity contribution is -0.129. The van der Waals surface area contributed by atoms with Gasteiger partial charge < -0.3 is 10.2 Å². The molecule has 2 aliphatic heterocycles. The standard InChI is InChI=1S/C11H21N3O/c1-9-8-13(2)11(15)5-7-14(9)10-4-3-6-12-10/h9-10,12H,3-8H2,1-2H3. The first kappa shape index (κ1) is 10.9. The van der Waals surface area contributed by atoms with E-state index in [0.717, 1.165) is 19.6 Å². The van der Waals surface area contributed by atoms with Crippen molar-refractivity contribution in [2.45, 2.75) is 38.4 Å². The van der Waals surface area contributed by atoms with E-state index in [1.165, 1.54) is 12.8 Å². The summed E-state index contributed by atoms with van der Waals surface area (Å²) in [6.07, 6.45) is 3.65. The number of hydrogen-bond acceptors (Lipinski definition) is 3. The van der Waals surface area contributed by atoms with E-state index < -0.39 is 0 Å². The summed E-state index contributed by atoms with van der Waals surface area (Å²) in [5.41, 5.74) is 0. The Labute approximate surface area is 91.6 Å². The molecule has 4 heteroatoms. The van der Waals surface area contributed by atoms with Gasteiger partial charge in [-0.2, -0.15) is 0 Å². The molecule has 0 aromatic heterocycles. The first-order chi connectivity index (χ1) is 7.18. The third-order valence-corrected chi connectivity index (χ3v) is 3.55. The summed E-state index contributed by atoms with van der Waals surface area (Å²) in [4.78, 5) is 15.9. The highest BCUT2D eigenvalue weighted by Crippen LogP contribution is 2.17. The normalized spacial score (nSPS) is 34.5. The topological polar surface area (TPSA) is 35.6 Å². The van der Waals surface area contributed by atoms with Gasteiger partial charge in [-0.3, -0.25) is 9.69 Å². The van der Waals surface area contributed by atoms with Crippen LogP contribution in [0.4, 0.5) is 0 Å². The number of amides is 1. The Balaban J connectivity index is 2.01. The fraction of sp³-hybridized carbons (Fsp3) is 0.909. The Kier molecular flexibility index (Phi) is 3.26. The van der Waals surface area contributed by atoms with Gasteiger partial charge in [0.05, 0.1) is 6.17 Å². The summed E-state index contributed by atoms with van der Waals surface area (Å²) in [5.74, 6) is 0.280. The lowest BCUT2D eigenvalue weighted by Crippen LogP contribution is -2.48. The highest BCUT2D eigenvalue weighted by atomic mass is 16.2. The smallest absolute Gasteiger partial charge is 0.223 e. The van der Waals surface area contributed by atoms with Crippen LogP contribution in [0.2, 0.25) is 0 Å². The van der Waals surface area contributed by atoms with Gasteiger partial charge in [-0.1, -0.05) is 0 Å². The van der Waals surface area contributed by atoms with Gasteiger partial charge in [-0.05, 0) is 26.3 Å². The third kappa shape index (κ3) is 2.32. The number of carbonyl (C=O) groups excluding carboxylic acids is 1. The molecule has 2 rings (SSSR count). The Morgan fingerprint density at radius 2 is 2.27 bits per heavy atom. The number of nitrogens with one attached hydrogen (secondary N) is 1. The SMILES string of the molecule is CC1CN(C)C(=O)CCN1C1CCCN1. The first-order valence-electron chi connectivity index (χ1n) is 5.91. The molecule has 2 saturated heterocycles. The summed E-state index contributed by atoms with van der Waals surface area (Å²) in [6, 6.07) is 0.469. The molecule has 2 heterocycles. The molecule has 1 amide bonds. The minimum atomic E-state index is 0.280. The second-order valence-electron chi connectivity index (χ2n) is 4.72. The Morgan fingerprint density at radius 1 is 1.47 bits per heavy atom. The largest absolute Gasteiger partial charge is 0.344 e. The molecule has 0 aliphatic carbocycles. The molecule has 2 atom stereocenters. The van der Waals surface area contributed by atoms with Crippen LogP contribution in [0.15, 0.2) is 0 Å². The van der Waals surface area contributed by atoms with Crippen LogP contribution in [0, 0.1) is 0 Å². The molecule has 2 fully saturated rings. The minimum absolute atomic E-state index is 0.280. The molecule has 0 bridgehead atoms. The average molecular weight is 211 g/mol. The van der Waals surface area contributed by atoms with Crippen molar-refractivity contribution < 1.29 is 4.79 Å². The van der Waals surface area contributed by atoms with Crippen LogP contribution in [0.5, 0.6) is 0 Å². The average Bonchev–Trinajstić information content (AvgIpc) is 2.67. The predicted octanol–water partition coefficient (Wildman–Crippen LogP) is 0.248. The molecule has 86 valence electrons. The van der Waals surface area contributed by atoms with Gasteiger partial charge in [0.15, 0.2) is 0 Å². The fourth-order valence-electron chi connectivity index (χ4n) is 2.65. The van der Waals surface area contributed by atoms with Crippen molar-refractivity contribution in [3.05, 3.63) is 0 Å². The van der Waals surface area contributed by atoms with E-state index in [0.29, 0.717) is 18.6 Å². The maximum absolute atomic E-state index is 11.6. The van der Waals surface area contributed by atoms with Crippen LogP contribution in [0.1, 0.15) is 26.2 Å². The van der Waals surface area contributed by atoms with Crippen LogP contribution in [0.3, 0.4) is 0 Å². The van der Waals surface area contributed by atoms with Gasteiger partial charge in [-0.15, -0.1) is 0 Å². The lowest BCUT2D eigenvalue weighted by Gasteiger charge is -2.33. The Hall–Kier alpha value is -0.610. The fourth-order valence-corrected chi connectivity index (χ4v) is 2.65. The molecule has 2 unspecified atom stereocenters. The zero-order chi connectivity index (χ0) is 10.8. The zero-order valence-corrected chi connectivity index (χ0v) is 9.70. The summed E-state index contributed by atoms with van der Waals surface area (Å²) in [5, 5.41) is 3.51. The maximum Gasteiger partial charge on any atom is 0.223 e. The third-order valence-electron chi connectivity index (χ3n) is 3.55. The van der Waals surface area contributed by atoms with Crippen molar-refractivity contribution >= 4 is 5.91 Å². The molecular formula is C11H21N3O. The maximum atomic E-state index is 11.6. The number of nitrogens with zero attached hydrogens (tertiary/aromatic N) is 2. The molecule has 0 aromatic rings. The zero-order valence-electron chi connectivity index (χ0n) is 9.70. The van der Waals surface area contributed by atoms with Gasteiger partial charge in [0.25, 0.3) is 0 Å².